The summed E-state index contributed by atoms with van der Waals surface area (Å²) in [4.78, 5) is 5.41. The zero-order valence-corrected chi connectivity index (χ0v) is 26.2. The van der Waals surface area contributed by atoms with Crippen LogP contribution in [0.1, 0.15) is 22.3 Å². The van der Waals surface area contributed by atoms with Gasteiger partial charge in [-0.05, 0) is 57.1 Å². The Morgan fingerprint density at radius 2 is 1.04 bits per heavy atom. The maximum atomic E-state index is 5.41. The molecule has 0 saturated carbocycles. The first-order valence-electron chi connectivity index (χ1n) is 16.6. The van der Waals surface area contributed by atoms with Crippen molar-refractivity contribution in [1.82, 2.24) is 9.55 Å². The number of pyridine rings is 1. The molecular weight excluding hydrogens is 581 g/mol. The number of hydrogen-bond donors (Lipinski definition) is 0. The fourth-order valence-corrected chi connectivity index (χ4v) is 8.33. The topological polar surface area (TPSA) is 17.8 Å². The van der Waals surface area contributed by atoms with Gasteiger partial charge in [-0.1, -0.05) is 158 Å². The van der Waals surface area contributed by atoms with E-state index in [0.29, 0.717) is 0 Å². The molecule has 1 aliphatic carbocycles. The van der Waals surface area contributed by atoms with Gasteiger partial charge in [-0.15, -0.1) is 0 Å². The van der Waals surface area contributed by atoms with Gasteiger partial charge in [-0.25, -0.2) is 0 Å². The van der Waals surface area contributed by atoms with Crippen LogP contribution in [0, 0.1) is 0 Å². The second-order valence-electron chi connectivity index (χ2n) is 12.7. The molecule has 0 saturated heterocycles. The number of benzene rings is 7. The van der Waals surface area contributed by atoms with E-state index in [4.69, 9.17) is 4.98 Å². The van der Waals surface area contributed by atoms with Crippen LogP contribution in [-0.2, 0) is 5.41 Å². The lowest BCUT2D eigenvalue weighted by molar-refractivity contribution is 0.773. The second-order valence-corrected chi connectivity index (χ2v) is 12.7. The van der Waals surface area contributed by atoms with Crippen molar-refractivity contribution in [3.05, 3.63) is 204 Å². The fourth-order valence-electron chi connectivity index (χ4n) is 8.33. The van der Waals surface area contributed by atoms with Crippen LogP contribution in [0.5, 0.6) is 0 Å². The summed E-state index contributed by atoms with van der Waals surface area (Å²) in [5.41, 5.74) is 14.0. The Balaban J connectivity index is 1.33. The highest BCUT2D eigenvalue weighted by molar-refractivity contribution is 6.19. The third-order valence-corrected chi connectivity index (χ3v) is 10.3. The van der Waals surface area contributed by atoms with Gasteiger partial charge in [-0.2, -0.15) is 0 Å². The van der Waals surface area contributed by atoms with Crippen molar-refractivity contribution in [2.24, 2.45) is 0 Å². The largest absolute Gasteiger partial charge is 0.309 e. The minimum Gasteiger partial charge on any atom is -0.309 e. The normalized spacial score (nSPS) is 13.2. The Hall–Kier alpha value is -6.25. The van der Waals surface area contributed by atoms with Gasteiger partial charge in [0.15, 0.2) is 0 Å². The summed E-state index contributed by atoms with van der Waals surface area (Å²) >= 11 is 0. The first-order chi connectivity index (χ1) is 23.8. The van der Waals surface area contributed by atoms with Gasteiger partial charge in [0.05, 0.1) is 22.0 Å². The molecule has 0 aliphatic heterocycles. The molecule has 48 heavy (non-hydrogen) atoms. The molecule has 2 heteroatoms. The molecule has 1 aliphatic rings. The van der Waals surface area contributed by atoms with E-state index in [0.717, 1.165) is 22.0 Å². The average molecular weight is 611 g/mol. The Morgan fingerprint density at radius 1 is 0.438 bits per heavy atom. The van der Waals surface area contributed by atoms with Crippen molar-refractivity contribution in [2.45, 2.75) is 5.41 Å². The molecule has 0 N–H and O–H groups in total. The van der Waals surface area contributed by atoms with E-state index in [1.165, 1.54) is 60.9 Å². The van der Waals surface area contributed by atoms with Crippen molar-refractivity contribution in [2.75, 3.05) is 0 Å². The molecule has 0 bridgehead atoms. The summed E-state index contributed by atoms with van der Waals surface area (Å²) in [7, 11) is 0. The number of hydrogen-bond acceptors (Lipinski definition) is 1. The number of para-hydroxylation sites is 1. The van der Waals surface area contributed by atoms with Gasteiger partial charge in [0.1, 0.15) is 0 Å². The predicted molar refractivity (Wildman–Crippen MR) is 199 cm³/mol. The molecule has 7 aromatic carbocycles. The summed E-state index contributed by atoms with van der Waals surface area (Å²) in [5, 5.41) is 3.51. The summed E-state index contributed by atoms with van der Waals surface area (Å²) in [6, 6.07) is 63.8. The van der Waals surface area contributed by atoms with Gasteiger partial charge < -0.3 is 4.57 Å². The van der Waals surface area contributed by atoms with E-state index >= 15 is 0 Å². The van der Waals surface area contributed by atoms with E-state index in [1.807, 2.05) is 0 Å². The molecule has 2 heterocycles. The van der Waals surface area contributed by atoms with Gasteiger partial charge in [-0.3, -0.25) is 4.98 Å². The monoisotopic (exact) mass is 610 g/mol. The molecule has 224 valence electrons. The molecule has 0 radical (unpaired) electrons. The van der Waals surface area contributed by atoms with Crippen LogP contribution in [-0.4, -0.2) is 9.55 Å². The van der Waals surface area contributed by atoms with Gasteiger partial charge in [0.25, 0.3) is 0 Å². The minimum atomic E-state index is -0.525. The lowest BCUT2D eigenvalue weighted by Crippen LogP contribution is -2.29. The third kappa shape index (κ3) is 3.66. The number of rotatable bonds is 4. The average Bonchev–Trinajstić information content (AvgIpc) is 3.67. The van der Waals surface area contributed by atoms with Crippen LogP contribution in [0.3, 0.4) is 0 Å². The lowest BCUT2D eigenvalue weighted by atomic mass is 9.67. The molecule has 9 aromatic rings. The highest BCUT2D eigenvalue weighted by Gasteiger charge is 2.47. The molecule has 0 atom stereocenters. The summed E-state index contributed by atoms with van der Waals surface area (Å²) in [5.74, 6) is 0. The molecule has 10 rings (SSSR count). The Bertz CT molecular complexity index is 2600. The third-order valence-electron chi connectivity index (χ3n) is 10.3. The van der Waals surface area contributed by atoms with Gasteiger partial charge in [0.2, 0.25) is 0 Å². The Morgan fingerprint density at radius 3 is 1.77 bits per heavy atom. The molecule has 0 amide bonds. The highest BCUT2D eigenvalue weighted by atomic mass is 15.0. The van der Waals surface area contributed by atoms with Crippen LogP contribution in [0.25, 0.3) is 60.6 Å². The zero-order valence-electron chi connectivity index (χ0n) is 26.2. The smallest absolute Gasteiger partial charge is 0.0777 e. The van der Waals surface area contributed by atoms with Crippen LogP contribution >= 0.6 is 0 Å². The zero-order chi connectivity index (χ0) is 31.7. The standard InChI is InChI=1S/C46H30N2/c1-4-14-31(15-5-1)32-24-26-35(27-25-32)48-42-23-13-11-21-37(42)40-30-47-44-39(45(40)48)29-28-38-36-20-10-12-22-41(36)46(43(38)44,33-16-6-2-7-17-33)34-18-8-3-9-19-34/h1-30H. The summed E-state index contributed by atoms with van der Waals surface area (Å²) < 4.78 is 2.44. The van der Waals surface area contributed by atoms with Crippen molar-refractivity contribution >= 4 is 32.7 Å². The number of fused-ring (bicyclic) bond motifs is 9. The van der Waals surface area contributed by atoms with Crippen molar-refractivity contribution in [1.29, 1.82) is 0 Å². The predicted octanol–water partition coefficient (Wildman–Crippen LogP) is 11.4. The maximum absolute atomic E-state index is 5.41. The van der Waals surface area contributed by atoms with Crippen LogP contribution in [0.15, 0.2) is 182 Å². The van der Waals surface area contributed by atoms with Gasteiger partial charge >= 0.3 is 0 Å². The molecule has 2 nitrogen and oxygen atoms in total. The van der Waals surface area contributed by atoms with E-state index in [-0.39, 0.29) is 0 Å². The summed E-state index contributed by atoms with van der Waals surface area (Å²) in [6.07, 6.45) is 2.11. The molecule has 0 spiro atoms. The number of aromatic nitrogens is 2. The minimum absolute atomic E-state index is 0.525. The van der Waals surface area contributed by atoms with E-state index in [2.05, 4.69) is 187 Å². The number of nitrogens with zero attached hydrogens (tertiary/aromatic N) is 2. The van der Waals surface area contributed by atoms with Crippen LogP contribution < -0.4 is 0 Å². The van der Waals surface area contributed by atoms with Crippen molar-refractivity contribution in [3.63, 3.8) is 0 Å². The van der Waals surface area contributed by atoms with Crippen LogP contribution in [0.2, 0.25) is 0 Å². The molecule has 0 fully saturated rings. The SMILES string of the molecule is c1ccc(-c2ccc(-n3c4ccccc4c4cnc5c6c(ccc5c43)-c3ccccc3C6(c3ccccc3)c3ccccc3)cc2)cc1. The first-order valence-corrected chi connectivity index (χ1v) is 16.6. The Labute approximate surface area is 279 Å². The molecular formula is C46H30N2. The quantitative estimate of drug-likeness (QED) is 0.194. The van der Waals surface area contributed by atoms with E-state index in [9.17, 15) is 0 Å². The lowest BCUT2D eigenvalue weighted by Gasteiger charge is -2.34. The fraction of sp³-hybridized carbons (Fsp3) is 0.0217. The highest BCUT2D eigenvalue weighted by Crippen LogP contribution is 2.58. The van der Waals surface area contributed by atoms with Crippen molar-refractivity contribution < 1.29 is 0 Å². The second kappa shape index (κ2) is 10.4. The Kier molecular flexibility index (Phi) is 5.82. The molecule has 0 unspecified atom stereocenters. The first kappa shape index (κ1) is 26.9. The van der Waals surface area contributed by atoms with Gasteiger partial charge in [0, 0.05) is 33.6 Å². The summed E-state index contributed by atoms with van der Waals surface area (Å²) in [6.45, 7) is 0. The maximum Gasteiger partial charge on any atom is 0.0777 e. The molecule has 2 aromatic heterocycles. The van der Waals surface area contributed by atoms with Crippen LogP contribution in [0.4, 0.5) is 0 Å². The van der Waals surface area contributed by atoms with Crippen molar-refractivity contribution in [3.8, 4) is 27.9 Å². The van der Waals surface area contributed by atoms with E-state index in [1.54, 1.807) is 0 Å². The van der Waals surface area contributed by atoms with E-state index < -0.39 is 5.41 Å².